The molecule has 0 unspecified atom stereocenters. The van der Waals surface area contributed by atoms with Crippen LogP contribution in [0.15, 0.2) is 64.8 Å². The Hall–Kier alpha value is -2.95. The first kappa shape index (κ1) is 15.0. The number of hydrogen-bond acceptors (Lipinski definition) is 4. The molecular formula is C18H17N3O2. The molecular weight excluding hydrogens is 290 g/mol. The van der Waals surface area contributed by atoms with Crippen molar-refractivity contribution >= 4 is 17.1 Å². The summed E-state index contributed by atoms with van der Waals surface area (Å²) in [5, 5.41) is 4.77. The predicted molar refractivity (Wildman–Crippen MR) is 91.2 cm³/mol. The molecule has 0 bridgehead atoms. The van der Waals surface area contributed by atoms with Gasteiger partial charge in [0.1, 0.15) is 12.1 Å². The molecule has 23 heavy (non-hydrogen) atoms. The van der Waals surface area contributed by atoms with Crippen molar-refractivity contribution in [2.75, 3.05) is 0 Å². The van der Waals surface area contributed by atoms with Crippen molar-refractivity contribution in [3.63, 3.8) is 0 Å². The molecule has 0 aliphatic heterocycles. The maximum Gasteiger partial charge on any atom is 0.281 e. The zero-order valence-corrected chi connectivity index (χ0v) is 13.0. The van der Waals surface area contributed by atoms with Crippen LogP contribution in [0.1, 0.15) is 19.4 Å². The molecule has 5 nitrogen and oxygen atoms in total. The molecule has 3 aromatic rings. The second kappa shape index (κ2) is 6.44. The number of ether oxygens (including phenoxy) is 1. The van der Waals surface area contributed by atoms with Crippen LogP contribution in [0.5, 0.6) is 5.75 Å². The Morgan fingerprint density at radius 3 is 2.70 bits per heavy atom. The van der Waals surface area contributed by atoms with Crippen LogP contribution in [0.3, 0.4) is 0 Å². The van der Waals surface area contributed by atoms with Gasteiger partial charge in [-0.05, 0) is 38.1 Å². The third-order valence-corrected chi connectivity index (χ3v) is 3.25. The number of hydrogen-bond donors (Lipinski definition) is 0. The van der Waals surface area contributed by atoms with Gasteiger partial charge in [0.25, 0.3) is 5.56 Å². The normalized spacial score (nSPS) is 11.4. The van der Waals surface area contributed by atoms with Crippen LogP contribution in [-0.4, -0.2) is 22.0 Å². The van der Waals surface area contributed by atoms with E-state index in [1.807, 2.05) is 50.2 Å². The number of aromatic nitrogens is 2. The first-order valence-electron chi connectivity index (χ1n) is 7.41. The van der Waals surface area contributed by atoms with Crippen molar-refractivity contribution in [3.05, 3.63) is 70.8 Å². The van der Waals surface area contributed by atoms with E-state index in [0.29, 0.717) is 10.9 Å². The number of para-hydroxylation sites is 2. The summed E-state index contributed by atoms with van der Waals surface area (Å²) in [4.78, 5) is 16.6. The minimum Gasteiger partial charge on any atom is -0.490 e. The van der Waals surface area contributed by atoms with Crippen molar-refractivity contribution in [3.8, 4) is 5.75 Å². The third-order valence-electron chi connectivity index (χ3n) is 3.25. The van der Waals surface area contributed by atoms with Gasteiger partial charge in [0, 0.05) is 5.56 Å². The molecule has 0 fully saturated rings. The topological polar surface area (TPSA) is 56.5 Å². The van der Waals surface area contributed by atoms with Gasteiger partial charge < -0.3 is 4.74 Å². The maximum atomic E-state index is 12.4. The number of benzene rings is 2. The molecule has 0 saturated heterocycles. The zero-order valence-electron chi connectivity index (χ0n) is 13.0. The molecule has 116 valence electrons. The number of rotatable bonds is 4. The lowest BCUT2D eigenvalue weighted by Gasteiger charge is -2.11. The van der Waals surface area contributed by atoms with E-state index in [9.17, 15) is 4.79 Å². The van der Waals surface area contributed by atoms with Crippen LogP contribution in [0.4, 0.5) is 0 Å². The Morgan fingerprint density at radius 1 is 1.13 bits per heavy atom. The van der Waals surface area contributed by atoms with Crippen molar-refractivity contribution in [1.29, 1.82) is 0 Å². The van der Waals surface area contributed by atoms with Crippen molar-refractivity contribution in [1.82, 2.24) is 9.66 Å². The van der Waals surface area contributed by atoms with Gasteiger partial charge in [-0.25, -0.2) is 4.98 Å². The average Bonchev–Trinajstić information content (AvgIpc) is 2.55. The van der Waals surface area contributed by atoms with E-state index in [1.165, 1.54) is 11.0 Å². The molecule has 1 heterocycles. The second-order valence-electron chi connectivity index (χ2n) is 5.36. The molecule has 3 rings (SSSR count). The fourth-order valence-corrected chi connectivity index (χ4v) is 2.21. The van der Waals surface area contributed by atoms with Crippen LogP contribution in [0.25, 0.3) is 10.9 Å². The Labute approximate surface area is 133 Å². The largest absolute Gasteiger partial charge is 0.490 e. The predicted octanol–water partition coefficient (Wildman–Crippen LogP) is 3.07. The lowest BCUT2D eigenvalue weighted by atomic mass is 10.2. The highest BCUT2D eigenvalue weighted by atomic mass is 16.5. The maximum absolute atomic E-state index is 12.4. The molecule has 0 aliphatic carbocycles. The van der Waals surface area contributed by atoms with Crippen molar-refractivity contribution in [2.24, 2.45) is 5.10 Å². The van der Waals surface area contributed by atoms with Crippen LogP contribution in [0.2, 0.25) is 0 Å². The highest BCUT2D eigenvalue weighted by Crippen LogP contribution is 2.17. The Morgan fingerprint density at radius 2 is 1.87 bits per heavy atom. The zero-order chi connectivity index (χ0) is 16.2. The van der Waals surface area contributed by atoms with Crippen molar-refractivity contribution in [2.45, 2.75) is 20.0 Å². The van der Waals surface area contributed by atoms with Crippen molar-refractivity contribution < 1.29 is 4.74 Å². The summed E-state index contributed by atoms with van der Waals surface area (Å²) >= 11 is 0. The molecule has 0 spiro atoms. The van der Waals surface area contributed by atoms with Gasteiger partial charge in [0.05, 0.1) is 23.2 Å². The SMILES string of the molecule is CC(C)Oc1ccccc1/C=N/n1cnc2ccccc2c1=O. The van der Waals surface area contributed by atoms with E-state index in [-0.39, 0.29) is 11.7 Å². The molecule has 0 saturated carbocycles. The van der Waals surface area contributed by atoms with Gasteiger partial charge in [0.15, 0.2) is 0 Å². The molecule has 0 N–H and O–H groups in total. The summed E-state index contributed by atoms with van der Waals surface area (Å²) < 4.78 is 6.97. The first-order valence-corrected chi connectivity index (χ1v) is 7.41. The van der Waals surface area contributed by atoms with E-state index in [2.05, 4.69) is 10.1 Å². The summed E-state index contributed by atoms with van der Waals surface area (Å²) in [5.41, 5.74) is 1.27. The molecule has 0 aliphatic rings. The summed E-state index contributed by atoms with van der Waals surface area (Å²) in [6.07, 6.45) is 3.09. The summed E-state index contributed by atoms with van der Waals surface area (Å²) in [6.45, 7) is 3.93. The Bertz CT molecular complexity index is 913. The summed E-state index contributed by atoms with van der Waals surface area (Å²) in [6, 6.07) is 14.8. The van der Waals surface area contributed by atoms with Gasteiger partial charge in [0.2, 0.25) is 0 Å². The highest BCUT2D eigenvalue weighted by Gasteiger charge is 2.04. The molecule has 1 aromatic heterocycles. The van der Waals surface area contributed by atoms with Gasteiger partial charge in [-0.3, -0.25) is 4.79 Å². The minimum atomic E-state index is -0.200. The van der Waals surface area contributed by atoms with Gasteiger partial charge in [-0.15, -0.1) is 0 Å². The number of fused-ring (bicyclic) bond motifs is 1. The van der Waals surface area contributed by atoms with E-state index in [4.69, 9.17) is 4.74 Å². The lowest BCUT2D eigenvalue weighted by molar-refractivity contribution is 0.242. The van der Waals surface area contributed by atoms with Gasteiger partial charge in [-0.1, -0.05) is 24.3 Å². The van der Waals surface area contributed by atoms with Gasteiger partial charge >= 0.3 is 0 Å². The van der Waals surface area contributed by atoms with E-state index >= 15 is 0 Å². The van der Waals surface area contributed by atoms with Crippen LogP contribution in [0, 0.1) is 0 Å². The fourth-order valence-electron chi connectivity index (χ4n) is 2.21. The first-order chi connectivity index (χ1) is 11.1. The summed E-state index contributed by atoms with van der Waals surface area (Å²) in [7, 11) is 0. The highest BCUT2D eigenvalue weighted by molar-refractivity contribution is 5.83. The third kappa shape index (κ3) is 3.29. The smallest absolute Gasteiger partial charge is 0.281 e. The van der Waals surface area contributed by atoms with E-state index in [0.717, 1.165) is 11.3 Å². The van der Waals surface area contributed by atoms with Crippen LogP contribution in [-0.2, 0) is 0 Å². The monoisotopic (exact) mass is 307 g/mol. The van der Waals surface area contributed by atoms with Crippen LogP contribution >= 0.6 is 0 Å². The van der Waals surface area contributed by atoms with E-state index < -0.39 is 0 Å². The number of nitrogens with zero attached hydrogens (tertiary/aromatic N) is 3. The molecule has 0 atom stereocenters. The average molecular weight is 307 g/mol. The Balaban J connectivity index is 1.98. The molecule has 2 aromatic carbocycles. The van der Waals surface area contributed by atoms with Crippen LogP contribution < -0.4 is 10.3 Å². The minimum absolute atomic E-state index is 0.0645. The second-order valence-corrected chi connectivity index (χ2v) is 5.36. The Kier molecular flexibility index (Phi) is 4.19. The lowest BCUT2D eigenvalue weighted by Crippen LogP contribution is -2.17. The van der Waals surface area contributed by atoms with Gasteiger partial charge in [-0.2, -0.15) is 9.78 Å². The van der Waals surface area contributed by atoms with E-state index in [1.54, 1.807) is 18.3 Å². The molecule has 0 amide bonds. The summed E-state index contributed by atoms with van der Waals surface area (Å²) in [5.74, 6) is 0.730. The fraction of sp³-hybridized carbons (Fsp3) is 0.167. The molecule has 0 radical (unpaired) electrons. The molecule has 5 heteroatoms. The quantitative estimate of drug-likeness (QED) is 0.696. The standard InChI is InChI=1S/C18H17N3O2/c1-13(2)23-17-10-6-3-7-14(17)11-20-21-12-19-16-9-5-4-8-15(16)18(21)22/h3-13H,1-2H3/b20-11+.